The number of amides is 1. The first-order valence-corrected chi connectivity index (χ1v) is 7.75. The predicted octanol–water partition coefficient (Wildman–Crippen LogP) is 2.80. The van der Waals surface area contributed by atoms with Crippen LogP contribution in [0.4, 0.5) is 0 Å². The Bertz CT molecular complexity index is 524. The lowest BCUT2D eigenvalue weighted by Gasteiger charge is -2.21. The highest BCUT2D eigenvalue weighted by molar-refractivity contribution is 5.97. The third-order valence-electron chi connectivity index (χ3n) is 3.86. The molecule has 1 heterocycles. The minimum atomic E-state index is -0.931. The van der Waals surface area contributed by atoms with E-state index in [2.05, 4.69) is 13.8 Å². The number of carbonyl (C=O) groups excluding carboxylic acids is 1. The average molecular weight is 305 g/mol. The maximum Gasteiger partial charge on any atom is 0.326 e. The van der Waals surface area contributed by atoms with Gasteiger partial charge in [0.05, 0.1) is 6.61 Å². The highest BCUT2D eigenvalue weighted by Crippen LogP contribution is 2.21. The van der Waals surface area contributed by atoms with Crippen LogP contribution in [0.5, 0.6) is 5.75 Å². The summed E-state index contributed by atoms with van der Waals surface area (Å²) in [5, 5.41) is 9.15. The summed E-state index contributed by atoms with van der Waals surface area (Å²) in [5.74, 6) is 0.162. The number of carboxylic acids is 1. The molecular weight excluding hydrogens is 282 g/mol. The zero-order chi connectivity index (χ0) is 16.1. The second-order valence-corrected chi connectivity index (χ2v) is 6.05. The largest absolute Gasteiger partial charge is 0.494 e. The Hall–Kier alpha value is -2.04. The van der Waals surface area contributed by atoms with Gasteiger partial charge in [-0.25, -0.2) is 4.79 Å². The number of carbonyl (C=O) groups is 2. The van der Waals surface area contributed by atoms with Gasteiger partial charge in [-0.3, -0.25) is 4.79 Å². The molecular formula is C17H23NO4. The van der Waals surface area contributed by atoms with Crippen LogP contribution in [0.15, 0.2) is 24.3 Å². The molecule has 0 aromatic heterocycles. The highest BCUT2D eigenvalue weighted by atomic mass is 16.5. The van der Waals surface area contributed by atoms with E-state index < -0.39 is 12.0 Å². The highest BCUT2D eigenvalue weighted by Gasteiger charge is 2.34. The van der Waals surface area contributed by atoms with Crippen LogP contribution < -0.4 is 4.74 Å². The molecule has 22 heavy (non-hydrogen) atoms. The molecule has 0 bridgehead atoms. The molecule has 5 heteroatoms. The molecule has 1 aromatic rings. The molecule has 0 spiro atoms. The summed E-state index contributed by atoms with van der Waals surface area (Å²) in [6.07, 6.45) is 2.24. The van der Waals surface area contributed by atoms with Crippen LogP contribution in [0, 0.1) is 5.92 Å². The fourth-order valence-electron chi connectivity index (χ4n) is 2.54. The lowest BCUT2D eigenvalue weighted by Crippen LogP contribution is -2.40. The minimum Gasteiger partial charge on any atom is -0.494 e. The first-order chi connectivity index (χ1) is 10.5. The van der Waals surface area contributed by atoms with Crippen molar-refractivity contribution in [3.8, 4) is 5.75 Å². The van der Waals surface area contributed by atoms with Crippen molar-refractivity contribution in [1.82, 2.24) is 4.90 Å². The normalized spacial score (nSPS) is 17.8. The van der Waals surface area contributed by atoms with Gasteiger partial charge in [0, 0.05) is 12.1 Å². The molecule has 120 valence electrons. The minimum absolute atomic E-state index is 0.223. The molecule has 1 fully saturated rings. The quantitative estimate of drug-likeness (QED) is 0.877. The second kappa shape index (κ2) is 7.29. The molecule has 1 atom stereocenters. The lowest BCUT2D eigenvalue weighted by atomic mass is 10.1. The molecule has 0 saturated carbocycles. The van der Waals surface area contributed by atoms with Crippen molar-refractivity contribution in [3.63, 3.8) is 0 Å². The van der Waals surface area contributed by atoms with Crippen LogP contribution in [0.2, 0.25) is 0 Å². The van der Waals surface area contributed by atoms with E-state index in [4.69, 9.17) is 9.84 Å². The SMILES string of the molecule is CC(C)CCOc1ccc(C(=O)N2CCC[C@H]2C(=O)O)cc1. The third-order valence-corrected chi connectivity index (χ3v) is 3.86. The van der Waals surface area contributed by atoms with E-state index in [-0.39, 0.29) is 5.91 Å². The van der Waals surface area contributed by atoms with Crippen molar-refractivity contribution >= 4 is 11.9 Å². The van der Waals surface area contributed by atoms with E-state index in [0.717, 1.165) is 18.6 Å². The maximum absolute atomic E-state index is 12.4. The van der Waals surface area contributed by atoms with Gasteiger partial charge in [0.1, 0.15) is 11.8 Å². The predicted molar refractivity (Wildman–Crippen MR) is 83.1 cm³/mol. The number of carboxylic acid groups (broad SMARTS) is 1. The number of likely N-dealkylation sites (tertiary alicyclic amines) is 1. The Kier molecular flexibility index (Phi) is 5.41. The number of rotatable bonds is 6. The van der Waals surface area contributed by atoms with Crippen molar-refractivity contribution in [2.45, 2.75) is 39.2 Å². The van der Waals surface area contributed by atoms with Crippen LogP contribution in [-0.2, 0) is 4.79 Å². The topological polar surface area (TPSA) is 66.8 Å². The first-order valence-electron chi connectivity index (χ1n) is 7.75. The average Bonchev–Trinajstić information content (AvgIpc) is 2.96. The number of nitrogens with zero attached hydrogens (tertiary/aromatic N) is 1. The molecule has 0 unspecified atom stereocenters. The molecule has 1 aliphatic heterocycles. The Morgan fingerprint density at radius 3 is 2.59 bits per heavy atom. The van der Waals surface area contributed by atoms with E-state index in [9.17, 15) is 9.59 Å². The van der Waals surface area contributed by atoms with E-state index in [1.165, 1.54) is 4.90 Å². The van der Waals surface area contributed by atoms with Crippen LogP contribution >= 0.6 is 0 Å². The molecule has 2 rings (SSSR count). The van der Waals surface area contributed by atoms with Gasteiger partial charge in [-0.2, -0.15) is 0 Å². The zero-order valence-corrected chi connectivity index (χ0v) is 13.1. The number of hydrogen-bond acceptors (Lipinski definition) is 3. The van der Waals surface area contributed by atoms with Crippen molar-refractivity contribution in [3.05, 3.63) is 29.8 Å². The summed E-state index contributed by atoms with van der Waals surface area (Å²) >= 11 is 0. The second-order valence-electron chi connectivity index (χ2n) is 6.05. The molecule has 0 aliphatic carbocycles. The summed E-state index contributed by atoms with van der Waals surface area (Å²) in [4.78, 5) is 25.0. The van der Waals surface area contributed by atoms with Gasteiger partial charge in [0.15, 0.2) is 0 Å². The van der Waals surface area contributed by atoms with Crippen LogP contribution in [0.3, 0.4) is 0 Å². The smallest absolute Gasteiger partial charge is 0.326 e. The summed E-state index contributed by atoms with van der Waals surface area (Å²) in [7, 11) is 0. The molecule has 5 nitrogen and oxygen atoms in total. The molecule has 1 saturated heterocycles. The molecule has 1 aliphatic rings. The number of aliphatic carboxylic acids is 1. The standard InChI is InChI=1S/C17H23NO4/c1-12(2)9-11-22-14-7-5-13(6-8-14)16(19)18-10-3-4-15(18)17(20)21/h5-8,12,15H,3-4,9-11H2,1-2H3,(H,20,21)/t15-/m0/s1. The monoisotopic (exact) mass is 305 g/mol. The van der Waals surface area contributed by atoms with Gasteiger partial charge in [0.2, 0.25) is 0 Å². The summed E-state index contributed by atoms with van der Waals surface area (Å²) < 4.78 is 5.62. The van der Waals surface area contributed by atoms with Crippen molar-refractivity contribution in [2.24, 2.45) is 5.92 Å². The maximum atomic E-state index is 12.4. The summed E-state index contributed by atoms with van der Waals surface area (Å²) in [6, 6.07) is 6.22. The lowest BCUT2D eigenvalue weighted by molar-refractivity contribution is -0.141. The Labute approximate surface area is 130 Å². The number of hydrogen-bond donors (Lipinski definition) is 1. The fraction of sp³-hybridized carbons (Fsp3) is 0.529. The third kappa shape index (κ3) is 4.00. The molecule has 1 amide bonds. The van der Waals surface area contributed by atoms with Gasteiger partial charge in [-0.15, -0.1) is 0 Å². The number of ether oxygens (including phenoxy) is 1. The molecule has 0 radical (unpaired) electrons. The van der Waals surface area contributed by atoms with Gasteiger partial charge < -0.3 is 14.7 Å². The van der Waals surface area contributed by atoms with Gasteiger partial charge in [-0.05, 0) is 49.4 Å². The van der Waals surface area contributed by atoms with E-state index in [1.807, 2.05) is 0 Å². The van der Waals surface area contributed by atoms with Crippen molar-refractivity contribution in [2.75, 3.05) is 13.2 Å². The van der Waals surface area contributed by atoms with Crippen LogP contribution in [-0.4, -0.2) is 41.1 Å². The summed E-state index contributed by atoms with van der Waals surface area (Å²) in [5.41, 5.74) is 0.504. The Morgan fingerprint density at radius 2 is 2.00 bits per heavy atom. The van der Waals surface area contributed by atoms with Crippen molar-refractivity contribution < 1.29 is 19.4 Å². The van der Waals surface area contributed by atoms with Gasteiger partial charge in [-0.1, -0.05) is 13.8 Å². The molecule has 1 aromatic carbocycles. The van der Waals surface area contributed by atoms with E-state index >= 15 is 0 Å². The summed E-state index contributed by atoms with van der Waals surface area (Å²) in [6.45, 7) is 5.43. The number of benzene rings is 1. The van der Waals surface area contributed by atoms with Crippen LogP contribution in [0.1, 0.15) is 43.5 Å². The Morgan fingerprint density at radius 1 is 1.32 bits per heavy atom. The Balaban J connectivity index is 1.97. The zero-order valence-electron chi connectivity index (χ0n) is 13.1. The van der Waals surface area contributed by atoms with E-state index in [0.29, 0.717) is 31.1 Å². The van der Waals surface area contributed by atoms with Gasteiger partial charge in [0.25, 0.3) is 5.91 Å². The van der Waals surface area contributed by atoms with E-state index in [1.54, 1.807) is 24.3 Å². The van der Waals surface area contributed by atoms with Gasteiger partial charge >= 0.3 is 5.97 Å². The van der Waals surface area contributed by atoms with Crippen LogP contribution in [0.25, 0.3) is 0 Å². The fourth-order valence-corrected chi connectivity index (χ4v) is 2.54. The van der Waals surface area contributed by atoms with Crippen molar-refractivity contribution in [1.29, 1.82) is 0 Å². The molecule has 1 N–H and O–H groups in total. The first kappa shape index (κ1) is 16.3.